The number of para-hydroxylation sites is 1. The number of hydrogen-bond acceptors (Lipinski definition) is 3. The lowest BCUT2D eigenvalue weighted by Gasteiger charge is -2.33. The van der Waals surface area contributed by atoms with Crippen LogP contribution in [0, 0.1) is 11.8 Å². The van der Waals surface area contributed by atoms with Crippen molar-refractivity contribution in [2.24, 2.45) is 11.8 Å². The minimum atomic E-state index is 0.0791. The maximum Gasteiger partial charge on any atom is 0.225 e. The molecule has 1 aromatic heterocycles. The van der Waals surface area contributed by atoms with Gasteiger partial charge < -0.3 is 10.2 Å². The summed E-state index contributed by atoms with van der Waals surface area (Å²) in [6.45, 7) is 4.52. The van der Waals surface area contributed by atoms with Gasteiger partial charge in [0.1, 0.15) is 0 Å². The number of rotatable bonds is 5. The van der Waals surface area contributed by atoms with Gasteiger partial charge in [0.15, 0.2) is 0 Å². The number of amides is 1. The van der Waals surface area contributed by atoms with E-state index < -0.39 is 0 Å². The molecule has 0 aliphatic carbocycles. The quantitative estimate of drug-likeness (QED) is 0.914. The van der Waals surface area contributed by atoms with E-state index >= 15 is 0 Å². The number of hydrogen-bond donors (Lipinski definition) is 1. The average Bonchev–Trinajstić information content (AvgIpc) is 2.94. The van der Waals surface area contributed by atoms with Crippen LogP contribution >= 0.6 is 0 Å². The number of carbonyl (C=O) groups is 1. The Labute approximate surface area is 130 Å². The minimum absolute atomic E-state index is 0.0791. The molecule has 1 aliphatic rings. The highest BCUT2D eigenvalue weighted by Gasteiger charge is 2.30. The van der Waals surface area contributed by atoms with E-state index in [0.29, 0.717) is 12.5 Å². The van der Waals surface area contributed by atoms with Gasteiger partial charge in [-0.3, -0.25) is 4.79 Å². The molecule has 1 fully saturated rings. The van der Waals surface area contributed by atoms with Crippen molar-refractivity contribution in [1.29, 1.82) is 0 Å². The van der Waals surface area contributed by atoms with E-state index in [9.17, 15) is 4.79 Å². The molecule has 22 heavy (non-hydrogen) atoms. The van der Waals surface area contributed by atoms with E-state index in [0.717, 1.165) is 24.3 Å². The summed E-state index contributed by atoms with van der Waals surface area (Å²) in [6.07, 6.45) is 3.81. The lowest BCUT2D eigenvalue weighted by Crippen LogP contribution is -2.49. The van der Waals surface area contributed by atoms with Gasteiger partial charge in [0.05, 0.1) is 11.9 Å². The molecule has 3 rings (SSSR count). The Bertz CT molecular complexity index is 633. The molecule has 116 valence electrons. The van der Waals surface area contributed by atoms with Crippen molar-refractivity contribution < 1.29 is 4.79 Å². The average molecular weight is 298 g/mol. The second-order valence-corrected chi connectivity index (χ2v) is 6.03. The van der Waals surface area contributed by atoms with Crippen molar-refractivity contribution in [1.82, 2.24) is 20.0 Å². The first kappa shape index (κ1) is 14.8. The topological polar surface area (TPSA) is 50.2 Å². The van der Waals surface area contributed by atoms with E-state index in [1.807, 2.05) is 61.4 Å². The van der Waals surface area contributed by atoms with Gasteiger partial charge in [0.25, 0.3) is 0 Å². The molecule has 2 heterocycles. The zero-order valence-electron chi connectivity index (χ0n) is 13.1. The molecule has 0 radical (unpaired) electrons. The fraction of sp³-hybridized carbons (Fsp3) is 0.412. The molecule has 1 aliphatic heterocycles. The largest absolute Gasteiger partial charge is 0.341 e. The molecular weight excluding hydrogens is 276 g/mol. The van der Waals surface area contributed by atoms with E-state index in [-0.39, 0.29) is 11.8 Å². The third-order valence-electron chi connectivity index (χ3n) is 4.36. The van der Waals surface area contributed by atoms with Gasteiger partial charge in [-0.25, -0.2) is 4.68 Å². The van der Waals surface area contributed by atoms with Crippen molar-refractivity contribution >= 4 is 5.91 Å². The molecular formula is C17H22N4O. The summed E-state index contributed by atoms with van der Waals surface area (Å²) in [4.78, 5) is 14.2. The lowest BCUT2D eigenvalue weighted by molar-refractivity contribution is -0.136. The molecule has 1 atom stereocenters. The van der Waals surface area contributed by atoms with Crippen LogP contribution in [0.15, 0.2) is 42.7 Å². The van der Waals surface area contributed by atoms with Crippen molar-refractivity contribution in [3.05, 3.63) is 48.3 Å². The molecule has 5 heteroatoms. The molecule has 1 N–H and O–H groups in total. The Morgan fingerprint density at radius 1 is 1.41 bits per heavy atom. The van der Waals surface area contributed by atoms with Gasteiger partial charge in [0, 0.05) is 31.3 Å². The highest BCUT2D eigenvalue weighted by molar-refractivity contribution is 5.78. The smallest absolute Gasteiger partial charge is 0.225 e. The van der Waals surface area contributed by atoms with Crippen LogP contribution in [0.5, 0.6) is 0 Å². The number of aromatic nitrogens is 2. The molecule has 5 nitrogen and oxygen atoms in total. The summed E-state index contributed by atoms with van der Waals surface area (Å²) in [7, 11) is 1.87. The summed E-state index contributed by atoms with van der Waals surface area (Å²) < 4.78 is 1.84. The van der Waals surface area contributed by atoms with Gasteiger partial charge in [-0.05, 0) is 31.1 Å². The van der Waals surface area contributed by atoms with Crippen LogP contribution in [0.25, 0.3) is 5.69 Å². The Hall–Kier alpha value is -2.14. The van der Waals surface area contributed by atoms with Gasteiger partial charge in [0.2, 0.25) is 5.91 Å². The van der Waals surface area contributed by atoms with Gasteiger partial charge in [-0.15, -0.1) is 0 Å². The van der Waals surface area contributed by atoms with Gasteiger partial charge in [-0.1, -0.05) is 25.1 Å². The minimum Gasteiger partial charge on any atom is -0.341 e. The van der Waals surface area contributed by atoms with Crippen molar-refractivity contribution in [3.63, 3.8) is 0 Å². The second kappa shape index (κ2) is 6.32. The number of carbonyl (C=O) groups excluding carboxylic acids is 1. The van der Waals surface area contributed by atoms with E-state index in [4.69, 9.17) is 0 Å². The third kappa shape index (κ3) is 3.04. The number of nitrogens with one attached hydrogen (secondary N) is 1. The molecule has 0 saturated carbocycles. The van der Waals surface area contributed by atoms with Gasteiger partial charge in [-0.2, -0.15) is 5.10 Å². The third-order valence-corrected chi connectivity index (χ3v) is 4.36. The maximum atomic E-state index is 12.4. The van der Waals surface area contributed by atoms with Crippen LogP contribution in [-0.4, -0.2) is 40.7 Å². The van der Waals surface area contributed by atoms with Crippen LogP contribution in [-0.2, 0) is 11.3 Å². The fourth-order valence-electron chi connectivity index (χ4n) is 2.73. The Balaban J connectivity index is 1.63. The molecule has 0 bridgehead atoms. The zero-order chi connectivity index (χ0) is 15.5. The van der Waals surface area contributed by atoms with Crippen LogP contribution < -0.4 is 5.32 Å². The van der Waals surface area contributed by atoms with Crippen LogP contribution in [0.3, 0.4) is 0 Å². The van der Waals surface area contributed by atoms with Crippen molar-refractivity contribution in [2.75, 3.05) is 20.1 Å². The summed E-state index contributed by atoms with van der Waals surface area (Å²) in [5.74, 6) is 0.761. The highest BCUT2D eigenvalue weighted by Crippen LogP contribution is 2.19. The second-order valence-electron chi connectivity index (χ2n) is 6.03. The Morgan fingerprint density at radius 3 is 2.77 bits per heavy atom. The fourth-order valence-corrected chi connectivity index (χ4v) is 2.73. The first-order valence-corrected chi connectivity index (χ1v) is 7.70. The van der Waals surface area contributed by atoms with E-state index in [2.05, 4.69) is 10.4 Å². The van der Waals surface area contributed by atoms with Crippen molar-refractivity contribution in [3.8, 4) is 5.69 Å². The normalized spacial score (nSPS) is 16.1. The predicted octanol–water partition coefficient (Wildman–Crippen LogP) is 1.69. The van der Waals surface area contributed by atoms with E-state index in [1.165, 1.54) is 0 Å². The first-order valence-electron chi connectivity index (χ1n) is 7.70. The van der Waals surface area contributed by atoms with Crippen LogP contribution in [0.1, 0.15) is 12.5 Å². The summed E-state index contributed by atoms with van der Waals surface area (Å²) in [5, 5.41) is 7.60. The van der Waals surface area contributed by atoms with Gasteiger partial charge >= 0.3 is 0 Å². The monoisotopic (exact) mass is 298 g/mol. The lowest BCUT2D eigenvalue weighted by atomic mass is 9.88. The molecule has 2 aromatic rings. The number of benzene rings is 1. The highest BCUT2D eigenvalue weighted by atomic mass is 16.2. The molecule has 1 amide bonds. The molecule has 0 spiro atoms. The maximum absolute atomic E-state index is 12.4. The van der Waals surface area contributed by atoms with Crippen LogP contribution in [0.2, 0.25) is 0 Å². The number of nitrogens with zero attached hydrogens (tertiary/aromatic N) is 3. The Kier molecular flexibility index (Phi) is 4.24. The summed E-state index contributed by atoms with van der Waals surface area (Å²) >= 11 is 0. The summed E-state index contributed by atoms with van der Waals surface area (Å²) in [5.41, 5.74) is 2.07. The SMILES string of the molecule is CC(C(=O)N(C)Cc1cnn(-c2ccccc2)c1)C1CNC1. The predicted molar refractivity (Wildman–Crippen MR) is 85.6 cm³/mol. The summed E-state index contributed by atoms with van der Waals surface area (Å²) in [6, 6.07) is 9.98. The first-order chi connectivity index (χ1) is 10.6. The van der Waals surface area contributed by atoms with Crippen molar-refractivity contribution in [2.45, 2.75) is 13.5 Å². The van der Waals surface area contributed by atoms with E-state index in [1.54, 1.807) is 4.90 Å². The zero-order valence-corrected chi connectivity index (χ0v) is 13.1. The Morgan fingerprint density at radius 2 is 2.14 bits per heavy atom. The molecule has 1 aromatic carbocycles. The van der Waals surface area contributed by atoms with Crippen LogP contribution in [0.4, 0.5) is 0 Å². The standard InChI is InChI=1S/C17H22N4O/c1-13(15-9-18-10-15)17(22)20(2)11-14-8-19-21(12-14)16-6-4-3-5-7-16/h3-8,12-13,15,18H,9-11H2,1-2H3. The molecule has 1 saturated heterocycles. The molecule has 1 unspecified atom stereocenters.